The van der Waals surface area contributed by atoms with Crippen LogP contribution in [0.5, 0.6) is 0 Å². The summed E-state index contributed by atoms with van der Waals surface area (Å²) >= 11 is 5.86. The molecule has 0 aliphatic heterocycles. The lowest BCUT2D eigenvalue weighted by atomic mass is 9.90. The van der Waals surface area contributed by atoms with Crippen LogP contribution in [0.15, 0.2) is 23.4 Å². The van der Waals surface area contributed by atoms with Crippen molar-refractivity contribution in [3.63, 3.8) is 0 Å². The fourth-order valence-corrected chi connectivity index (χ4v) is 3.05. The Kier molecular flexibility index (Phi) is 9.79. The lowest BCUT2D eigenvalue weighted by Gasteiger charge is -2.20. The summed E-state index contributed by atoms with van der Waals surface area (Å²) in [5, 5.41) is 4.23. The number of benzene rings is 1. The molecule has 0 amide bonds. The van der Waals surface area contributed by atoms with Crippen molar-refractivity contribution in [1.29, 1.82) is 4.78 Å². The normalized spacial score (nSPS) is 15.7. The summed E-state index contributed by atoms with van der Waals surface area (Å²) in [4.78, 5) is 5.37. The van der Waals surface area contributed by atoms with Gasteiger partial charge in [-0.2, -0.15) is 26.4 Å². The van der Waals surface area contributed by atoms with Gasteiger partial charge < -0.3 is 4.84 Å². The first-order valence-electron chi connectivity index (χ1n) is 8.51. The van der Waals surface area contributed by atoms with Crippen molar-refractivity contribution in [2.45, 2.75) is 51.6 Å². The highest BCUT2D eigenvalue weighted by atomic mass is 35.5. The molecule has 0 heterocycles. The van der Waals surface area contributed by atoms with Crippen LogP contribution >= 0.6 is 11.6 Å². The predicted molar refractivity (Wildman–Crippen MR) is 97.4 cm³/mol. The molecule has 2 rings (SSSR count). The largest absolute Gasteiger partial charge is 0.417 e. The number of hydrogen-bond acceptors (Lipinski definition) is 5. The highest BCUT2D eigenvalue weighted by Gasteiger charge is 2.34. The van der Waals surface area contributed by atoms with Gasteiger partial charge in [-0.3, -0.25) is 0 Å². The van der Waals surface area contributed by atoms with E-state index in [1.807, 2.05) is 0 Å². The first kappa shape index (κ1) is 23.4. The van der Waals surface area contributed by atoms with Crippen LogP contribution in [0.25, 0.3) is 0 Å². The molecule has 1 aromatic carbocycles. The molecule has 1 aromatic rings. The molecule has 0 spiro atoms. The number of hydrogen-bond donors (Lipinski definition) is 1. The molecule has 1 N–H and O–H groups in total. The van der Waals surface area contributed by atoms with Gasteiger partial charge in [0.25, 0.3) is 0 Å². The molecule has 0 bridgehead atoms. The average Bonchev–Trinajstić information content (AvgIpc) is 2.58. The second kappa shape index (κ2) is 11.3. The Balaban J connectivity index is 0.000000828. The van der Waals surface area contributed by atoms with Crippen molar-refractivity contribution in [2.75, 3.05) is 6.61 Å². The first-order chi connectivity index (χ1) is 12.6. The third-order valence-electron chi connectivity index (χ3n) is 4.14. The summed E-state index contributed by atoms with van der Waals surface area (Å²) in [5.74, 6) is 0.451. The van der Waals surface area contributed by atoms with Crippen molar-refractivity contribution in [3.8, 4) is 0 Å². The zero-order valence-corrected chi connectivity index (χ0v) is 16.4. The standard InChI is InChI=1S/C17H21ClF3NO.HNO2S/c1-2-16(22-23-11-12-6-4-3-5-7-12)14-10-13(18)8-9-15(14)17(19,20)21;1-4(2)3/h8-10,12H,2-7,11H2,1H3;1H/b22-16+;. The minimum atomic E-state index is -4.45. The van der Waals surface area contributed by atoms with Crippen LogP contribution in [0.1, 0.15) is 56.6 Å². The zero-order chi connectivity index (χ0) is 20.4. The van der Waals surface area contributed by atoms with Gasteiger partial charge in [-0.25, -0.2) is 0 Å². The van der Waals surface area contributed by atoms with Gasteiger partial charge >= 0.3 is 16.7 Å². The number of oxime groups is 1. The van der Waals surface area contributed by atoms with Crippen molar-refractivity contribution in [2.24, 2.45) is 11.1 Å². The SMILES string of the molecule is CC/C(=N\OCC1CCCCC1)c1cc(Cl)ccc1C(F)(F)F.N=S(=O)=O. The topological polar surface area (TPSA) is 79.6 Å². The van der Waals surface area contributed by atoms with E-state index in [9.17, 15) is 13.2 Å². The van der Waals surface area contributed by atoms with E-state index in [2.05, 4.69) is 5.16 Å². The summed E-state index contributed by atoms with van der Waals surface area (Å²) in [5.41, 5.74) is -0.462. The minimum Gasteiger partial charge on any atom is -0.395 e. The van der Waals surface area contributed by atoms with Gasteiger partial charge in [0.2, 0.25) is 0 Å². The van der Waals surface area contributed by atoms with Crippen LogP contribution < -0.4 is 0 Å². The smallest absolute Gasteiger partial charge is 0.395 e. The minimum absolute atomic E-state index is 0.00357. The first-order valence-corrected chi connectivity index (χ1v) is 9.96. The molecular weight excluding hydrogens is 405 g/mol. The highest BCUT2D eigenvalue weighted by Crippen LogP contribution is 2.34. The van der Waals surface area contributed by atoms with Crippen molar-refractivity contribution in [3.05, 3.63) is 34.3 Å². The zero-order valence-electron chi connectivity index (χ0n) is 14.9. The Bertz CT molecular complexity index is 739. The van der Waals surface area contributed by atoms with Gasteiger partial charge in [0.15, 0.2) is 0 Å². The molecule has 10 heteroatoms. The Hall–Kier alpha value is -1.61. The van der Waals surface area contributed by atoms with Crippen LogP contribution in [0.4, 0.5) is 13.2 Å². The van der Waals surface area contributed by atoms with Gasteiger partial charge in [-0.1, -0.05) is 42.9 Å². The van der Waals surface area contributed by atoms with Crippen LogP contribution in [0, 0.1) is 10.7 Å². The quantitative estimate of drug-likeness (QED) is 0.484. The molecule has 0 unspecified atom stereocenters. The number of nitrogens with zero attached hydrogens (tertiary/aromatic N) is 1. The van der Waals surface area contributed by atoms with Gasteiger partial charge in [-0.15, -0.1) is 0 Å². The van der Waals surface area contributed by atoms with Gasteiger partial charge in [0.1, 0.15) is 6.61 Å². The van der Waals surface area contributed by atoms with E-state index in [1.54, 1.807) is 6.92 Å². The average molecular weight is 427 g/mol. The molecule has 1 aliphatic carbocycles. The van der Waals surface area contributed by atoms with Crippen LogP contribution in [0.3, 0.4) is 0 Å². The van der Waals surface area contributed by atoms with Crippen LogP contribution in [0.2, 0.25) is 5.02 Å². The Morgan fingerprint density at radius 2 is 1.89 bits per heavy atom. The second-order valence-corrected chi connectivity index (χ2v) is 7.02. The fraction of sp³-hybridized carbons (Fsp3) is 0.588. The molecule has 152 valence electrons. The maximum Gasteiger partial charge on any atom is 0.417 e. The number of nitrogens with one attached hydrogen (secondary N) is 1. The Morgan fingerprint density at radius 3 is 2.41 bits per heavy atom. The number of alkyl halides is 3. The van der Waals surface area contributed by atoms with Crippen LogP contribution in [-0.4, -0.2) is 20.7 Å². The van der Waals surface area contributed by atoms with Gasteiger partial charge in [-0.05, 0) is 43.4 Å². The summed E-state index contributed by atoms with van der Waals surface area (Å²) in [6.07, 6.45) is 1.71. The van der Waals surface area contributed by atoms with Crippen LogP contribution in [-0.2, 0) is 21.5 Å². The van der Waals surface area contributed by atoms with E-state index in [0.717, 1.165) is 18.9 Å². The molecular formula is C17H22ClF3N2O3S. The number of halogens is 4. The summed E-state index contributed by atoms with van der Waals surface area (Å²) in [7, 11) is -2.61. The fourth-order valence-electron chi connectivity index (χ4n) is 2.88. The molecule has 0 aromatic heterocycles. The number of rotatable bonds is 5. The van der Waals surface area contributed by atoms with Gasteiger partial charge in [0.05, 0.1) is 11.3 Å². The predicted octanol–water partition coefficient (Wildman–Crippen LogP) is 5.70. The lowest BCUT2D eigenvalue weighted by molar-refractivity contribution is -0.137. The van der Waals surface area contributed by atoms with E-state index >= 15 is 0 Å². The molecule has 5 nitrogen and oxygen atoms in total. The lowest BCUT2D eigenvalue weighted by Crippen LogP contribution is -2.15. The highest BCUT2D eigenvalue weighted by molar-refractivity contribution is 7.60. The molecule has 1 fully saturated rings. The van der Waals surface area contributed by atoms with E-state index in [1.165, 1.54) is 31.4 Å². The summed E-state index contributed by atoms with van der Waals surface area (Å²) in [6.45, 7) is 2.22. The van der Waals surface area contributed by atoms with Gasteiger partial charge in [0, 0.05) is 10.6 Å². The molecule has 1 saturated carbocycles. The third kappa shape index (κ3) is 8.75. The van der Waals surface area contributed by atoms with E-state index < -0.39 is 22.2 Å². The summed E-state index contributed by atoms with van der Waals surface area (Å²) in [6, 6.07) is 3.53. The van der Waals surface area contributed by atoms with E-state index in [4.69, 9.17) is 29.6 Å². The van der Waals surface area contributed by atoms with E-state index in [0.29, 0.717) is 18.9 Å². The van der Waals surface area contributed by atoms with Crippen molar-refractivity contribution < 1.29 is 26.4 Å². The molecule has 0 radical (unpaired) electrons. The maximum atomic E-state index is 13.2. The monoisotopic (exact) mass is 426 g/mol. The second-order valence-electron chi connectivity index (χ2n) is 6.11. The van der Waals surface area contributed by atoms with Crippen molar-refractivity contribution >= 4 is 27.8 Å². The molecule has 0 saturated heterocycles. The molecule has 27 heavy (non-hydrogen) atoms. The third-order valence-corrected chi connectivity index (χ3v) is 4.38. The van der Waals surface area contributed by atoms with Crippen molar-refractivity contribution in [1.82, 2.24) is 0 Å². The Morgan fingerprint density at radius 1 is 1.30 bits per heavy atom. The summed E-state index contributed by atoms with van der Waals surface area (Å²) < 4.78 is 62.3. The Labute approximate surface area is 163 Å². The molecule has 1 aliphatic rings. The van der Waals surface area contributed by atoms with E-state index in [-0.39, 0.29) is 16.3 Å². The maximum absolute atomic E-state index is 13.2. The molecule has 0 atom stereocenters.